The second kappa shape index (κ2) is 17.9. The lowest BCUT2D eigenvalue weighted by Crippen LogP contribution is -2.82. The molecule has 1 amide bonds. The van der Waals surface area contributed by atoms with E-state index in [-0.39, 0.29) is 41.9 Å². The van der Waals surface area contributed by atoms with E-state index in [9.17, 15) is 39.3 Å². The van der Waals surface area contributed by atoms with E-state index >= 15 is 4.79 Å². The molecule has 2 bridgehead atoms. The highest BCUT2D eigenvalue weighted by molar-refractivity contribution is 5.95. The van der Waals surface area contributed by atoms with Crippen LogP contribution < -0.4 is 5.32 Å². The quantitative estimate of drug-likeness (QED) is 0.135. The number of amides is 1. The van der Waals surface area contributed by atoms with Crippen LogP contribution in [0.15, 0.2) is 11.1 Å². The van der Waals surface area contributed by atoms with Gasteiger partial charge in [-0.2, -0.15) is 0 Å². The maximum Gasteiger partial charge on any atom is 0.337 e. The van der Waals surface area contributed by atoms with Crippen LogP contribution in [0.25, 0.3) is 0 Å². The Morgan fingerprint density at radius 1 is 0.806 bits per heavy atom. The summed E-state index contributed by atoms with van der Waals surface area (Å²) >= 11 is 0. The molecule has 0 aromatic heterocycles. The molecule has 0 aromatic rings. The van der Waals surface area contributed by atoms with E-state index in [1.54, 1.807) is 20.8 Å². The molecule has 1 heterocycles. The summed E-state index contributed by atoms with van der Waals surface area (Å²) in [5, 5.41) is 40.9. The summed E-state index contributed by atoms with van der Waals surface area (Å²) in [6.07, 6.45) is 2.45. The van der Waals surface area contributed by atoms with Crippen molar-refractivity contribution in [3.05, 3.63) is 11.1 Å². The number of Topliss-reactive ketones (excluding diaryl/α,β-unsaturated/α-hetero) is 1. The number of aliphatic hydroxyl groups is 3. The predicted octanol–water partition coefficient (Wildman–Crippen LogP) is 4.48. The zero-order valence-corrected chi connectivity index (χ0v) is 37.4. The van der Waals surface area contributed by atoms with E-state index in [2.05, 4.69) is 5.32 Å². The van der Waals surface area contributed by atoms with Crippen molar-refractivity contribution in [2.24, 2.45) is 34.5 Å². The lowest BCUT2D eigenvalue weighted by molar-refractivity contribution is -0.347. The van der Waals surface area contributed by atoms with Gasteiger partial charge in [-0.15, -0.1) is 0 Å². The van der Waals surface area contributed by atoms with Gasteiger partial charge in [0.15, 0.2) is 23.6 Å². The fraction of sp³-hybridized carbons (Fsp3) is 0.830. The number of nitrogens with one attached hydrogen (secondary N) is 1. The Morgan fingerprint density at radius 2 is 1.39 bits per heavy atom. The zero-order chi connectivity index (χ0) is 44.9. The van der Waals surface area contributed by atoms with Crippen LogP contribution in [0.4, 0.5) is 0 Å². The SMILES string of the molecule is CC(=O)OC1C(=O)C2(C)C(O)CC3OCC3(OC(C)=O)C2C(OC(=O)C2CCCCC2)C2(O)CC(OC(=O)C(O)C(NC(=O)C3CCCCC3)C3CCCCC3)C(C)=C1C2(C)C. The molecule has 346 valence electrons. The Labute approximate surface area is 364 Å². The van der Waals surface area contributed by atoms with Crippen LogP contribution in [-0.4, -0.2) is 111 Å². The van der Waals surface area contributed by atoms with Gasteiger partial charge in [0, 0.05) is 38.0 Å². The molecule has 1 saturated heterocycles. The molecule has 7 rings (SSSR count). The number of carbonyl (C=O) groups is 6. The van der Waals surface area contributed by atoms with Gasteiger partial charge in [0.2, 0.25) is 5.91 Å². The van der Waals surface area contributed by atoms with Crippen LogP contribution in [0.1, 0.15) is 151 Å². The molecule has 11 unspecified atom stereocenters. The molecule has 4 N–H and O–H groups in total. The summed E-state index contributed by atoms with van der Waals surface area (Å²) < 4.78 is 30.8. The van der Waals surface area contributed by atoms with E-state index < -0.39 is 113 Å². The Kier molecular flexibility index (Phi) is 13.4. The van der Waals surface area contributed by atoms with Crippen molar-refractivity contribution in [1.82, 2.24) is 5.32 Å². The Bertz CT molecular complexity index is 1790. The highest BCUT2D eigenvalue weighted by Gasteiger charge is 2.78. The standard InChI is InChI=1S/C47H69NO14/c1-25-31(60-43(56)36(52)35(28-16-10-7-11-17-28)48-41(54)29-18-12-8-13-19-29)23-47(57)40(61-42(55)30-20-14-9-15-21-30)38-45(6,32(51)22-33-46(38,24-58-33)62-27(3)50)39(53)37(59-26(2)49)34(25)44(47,4)5/h28-33,35-38,40,51-52,57H,7-24H2,1-6H3,(H,48,54). The molecule has 1 aliphatic heterocycles. The van der Waals surface area contributed by atoms with Crippen molar-refractivity contribution in [2.75, 3.05) is 6.61 Å². The number of hydrogen-bond donors (Lipinski definition) is 4. The number of rotatable bonds is 10. The average Bonchev–Trinajstić information content (AvgIpc) is 3.24. The maximum atomic E-state index is 15.5. The topological polar surface area (TPSA) is 221 Å². The van der Waals surface area contributed by atoms with Crippen molar-refractivity contribution < 1.29 is 67.8 Å². The summed E-state index contributed by atoms with van der Waals surface area (Å²) in [5.74, 6) is -6.63. The summed E-state index contributed by atoms with van der Waals surface area (Å²) in [5.41, 5.74) is -7.13. The van der Waals surface area contributed by atoms with Crippen LogP contribution in [0, 0.1) is 34.5 Å². The van der Waals surface area contributed by atoms with Crippen LogP contribution in [0.5, 0.6) is 0 Å². The first-order chi connectivity index (χ1) is 29.3. The van der Waals surface area contributed by atoms with Crippen molar-refractivity contribution in [3.8, 4) is 0 Å². The highest BCUT2D eigenvalue weighted by Crippen LogP contribution is 2.64. The van der Waals surface area contributed by atoms with Gasteiger partial charge in [-0.25, -0.2) is 4.79 Å². The largest absolute Gasteiger partial charge is 0.459 e. The highest BCUT2D eigenvalue weighted by atomic mass is 16.6. The smallest absolute Gasteiger partial charge is 0.337 e. The van der Waals surface area contributed by atoms with Crippen molar-refractivity contribution in [1.29, 1.82) is 0 Å². The zero-order valence-electron chi connectivity index (χ0n) is 37.4. The molecule has 0 radical (unpaired) electrons. The molecule has 6 aliphatic carbocycles. The number of ether oxygens (including phenoxy) is 5. The monoisotopic (exact) mass is 871 g/mol. The van der Waals surface area contributed by atoms with Crippen molar-refractivity contribution in [2.45, 2.75) is 205 Å². The van der Waals surface area contributed by atoms with E-state index in [0.29, 0.717) is 25.7 Å². The van der Waals surface area contributed by atoms with Gasteiger partial charge >= 0.3 is 23.9 Å². The molecule has 5 saturated carbocycles. The molecule has 0 spiro atoms. The van der Waals surface area contributed by atoms with Gasteiger partial charge in [0.05, 0.1) is 36.0 Å². The molecular formula is C47H69NO14. The third-order valence-corrected chi connectivity index (χ3v) is 16.4. The van der Waals surface area contributed by atoms with Gasteiger partial charge in [-0.05, 0) is 69.4 Å². The van der Waals surface area contributed by atoms with Gasteiger partial charge in [0.25, 0.3) is 0 Å². The first-order valence-corrected chi connectivity index (χ1v) is 23.3. The Morgan fingerprint density at radius 3 is 1.94 bits per heavy atom. The van der Waals surface area contributed by atoms with Crippen molar-refractivity contribution >= 4 is 35.6 Å². The molecule has 0 aromatic carbocycles. The average molecular weight is 872 g/mol. The third kappa shape index (κ3) is 8.03. The number of ketones is 1. The lowest BCUT2D eigenvalue weighted by atomic mass is 9.44. The Hall–Kier alpha value is -3.40. The fourth-order valence-corrected chi connectivity index (χ4v) is 12.8. The van der Waals surface area contributed by atoms with Crippen LogP contribution in [-0.2, 0) is 52.5 Å². The van der Waals surface area contributed by atoms with E-state index in [4.69, 9.17) is 23.7 Å². The number of fused-ring (bicyclic) bond motifs is 5. The molecule has 6 fully saturated rings. The number of carbonyl (C=O) groups excluding carboxylic acids is 6. The normalized spacial score (nSPS) is 37.5. The van der Waals surface area contributed by atoms with Crippen LogP contribution >= 0.6 is 0 Å². The molecule has 11 atom stereocenters. The summed E-state index contributed by atoms with van der Waals surface area (Å²) in [6.45, 7) is 8.43. The fourth-order valence-electron chi connectivity index (χ4n) is 12.8. The maximum absolute atomic E-state index is 15.5. The van der Waals surface area contributed by atoms with Gasteiger partial charge < -0.3 is 44.3 Å². The first kappa shape index (κ1) is 46.6. The molecule has 62 heavy (non-hydrogen) atoms. The van der Waals surface area contributed by atoms with E-state index in [0.717, 1.165) is 77.6 Å². The third-order valence-electron chi connectivity index (χ3n) is 16.4. The number of aliphatic hydroxyl groups excluding tert-OH is 2. The van der Waals surface area contributed by atoms with Gasteiger partial charge in [0.1, 0.15) is 23.9 Å². The molecule has 15 nitrogen and oxygen atoms in total. The minimum atomic E-state index is -2.27. The second-order valence-corrected chi connectivity index (χ2v) is 20.4. The van der Waals surface area contributed by atoms with Crippen LogP contribution in [0.3, 0.4) is 0 Å². The van der Waals surface area contributed by atoms with Crippen molar-refractivity contribution in [3.63, 3.8) is 0 Å². The first-order valence-electron chi connectivity index (χ1n) is 23.3. The molecular weight excluding hydrogens is 803 g/mol. The summed E-state index contributed by atoms with van der Waals surface area (Å²) in [6, 6.07) is -0.943. The van der Waals surface area contributed by atoms with E-state index in [1.165, 1.54) is 13.8 Å². The van der Waals surface area contributed by atoms with Crippen LogP contribution in [0.2, 0.25) is 0 Å². The second-order valence-electron chi connectivity index (χ2n) is 20.4. The minimum absolute atomic E-state index is 0.0901. The number of hydrogen-bond acceptors (Lipinski definition) is 14. The van der Waals surface area contributed by atoms with Gasteiger partial charge in [-0.1, -0.05) is 71.6 Å². The van der Waals surface area contributed by atoms with E-state index in [1.807, 2.05) is 0 Å². The molecule has 15 heteroatoms. The summed E-state index contributed by atoms with van der Waals surface area (Å²) in [4.78, 5) is 84.2. The Balaban J connectivity index is 1.34. The number of esters is 4. The molecule has 7 aliphatic rings. The summed E-state index contributed by atoms with van der Waals surface area (Å²) in [7, 11) is 0. The lowest BCUT2D eigenvalue weighted by Gasteiger charge is -2.67. The minimum Gasteiger partial charge on any atom is -0.459 e. The van der Waals surface area contributed by atoms with Gasteiger partial charge in [-0.3, -0.25) is 24.0 Å². The predicted molar refractivity (Wildman–Crippen MR) is 220 cm³/mol.